The molecule has 6 nitrogen and oxygen atoms in total. The first kappa shape index (κ1) is 17.9. The fourth-order valence-electron chi connectivity index (χ4n) is 2.44. The first-order valence-corrected chi connectivity index (χ1v) is 9.12. The van der Waals surface area contributed by atoms with Crippen molar-refractivity contribution in [1.29, 1.82) is 0 Å². The molecular weight excluding hydrogens is 348 g/mol. The Morgan fingerprint density at radius 2 is 1.88 bits per heavy atom. The number of thiazole rings is 1. The number of carbonyl (C=O) groups excluding carboxylic acids is 2. The van der Waals surface area contributed by atoms with Crippen LogP contribution in [0.15, 0.2) is 36.4 Å². The zero-order valence-corrected chi connectivity index (χ0v) is 15.7. The number of urea groups is 1. The van der Waals surface area contributed by atoms with Gasteiger partial charge in [-0.25, -0.2) is 9.78 Å². The summed E-state index contributed by atoms with van der Waals surface area (Å²) in [6, 6.07) is 10.9. The van der Waals surface area contributed by atoms with Crippen LogP contribution in [0.2, 0.25) is 0 Å². The van der Waals surface area contributed by atoms with Gasteiger partial charge in [0.2, 0.25) is 5.91 Å². The van der Waals surface area contributed by atoms with Crippen LogP contribution in [0.1, 0.15) is 24.5 Å². The molecule has 0 atom stereocenters. The summed E-state index contributed by atoms with van der Waals surface area (Å²) in [5.41, 5.74) is 4.30. The lowest BCUT2D eigenvalue weighted by Gasteiger charge is -2.11. The minimum absolute atomic E-state index is 0.0738. The van der Waals surface area contributed by atoms with Crippen LogP contribution in [-0.2, 0) is 4.79 Å². The third-order valence-corrected chi connectivity index (χ3v) is 5.02. The lowest BCUT2D eigenvalue weighted by molar-refractivity contribution is -0.115. The first-order valence-electron chi connectivity index (χ1n) is 8.31. The quantitative estimate of drug-likeness (QED) is 0.612. The van der Waals surface area contributed by atoms with Crippen molar-refractivity contribution < 1.29 is 9.59 Å². The molecule has 0 spiro atoms. The highest BCUT2D eigenvalue weighted by molar-refractivity contribution is 7.22. The molecule has 1 aromatic heterocycles. The van der Waals surface area contributed by atoms with Gasteiger partial charge in [0, 0.05) is 17.8 Å². The van der Waals surface area contributed by atoms with Crippen LogP contribution in [-0.4, -0.2) is 16.9 Å². The normalized spacial score (nSPS) is 10.6. The smallest absolute Gasteiger partial charge is 0.308 e. The Bertz CT molecular complexity index is 981. The van der Waals surface area contributed by atoms with Gasteiger partial charge in [0.15, 0.2) is 5.13 Å². The molecule has 0 aliphatic carbocycles. The number of benzene rings is 2. The largest absolute Gasteiger partial charge is 0.323 e. The van der Waals surface area contributed by atoms with E-state index in [-0.39, 0.29) is 11.9 Å². The maximum Gasteiger partial charge on any atom is 0.323 e. The number of amides is 3. The van der Waals surface area contributed by atoms with E-state index in [2.05, 4.69) is 20.9 Å². The molecule has 7 heteroatoms. The number of nitrogens with one attached hydrogen (secondary N) is 3. The molecule has 1 heterocycles. The molecule has 0 saturated carbocycles. The van der Waals surface area contributed by atoms with Crippen molar-refractivity contribution >= 4 is 50.0 Å². The second-order valence-corrected chi connectivity index (χ2v) is 6.96. The van der Waals surface area contributed by atoms with Gasteiger partial charge in [-0.05, 0) is 49.2 Å². The van der Waals surface area contributed by atoms with Crippen molar-refractivity contribution in [2.75, 3.05) is 16.0 Å². The number of hydrogen-bond donors (Lipinski definition) is 3. The van der Waals surface area contributed by atoms with E-state index in [0.29, 0.717) is 17.2 Å². The molecule has 0 unspecified atom stereocenters. The van der Waals surface area contributed by atoms with Gasteiger partial charge in [-0.1, -0.05) is 30.4 Å². The Morgan fingerprint density at radius 1 is 1.08 bits per heavy atom. The molecule has 3 rings (SSSR count). The third-order valence-electron chi connectivity index (χ3n) is 4.07. The van der Waals surface area contributed by atoms with Gasteiger partial charge in [-0.3, -0.25) is 4.79 Å². The van der Waals surface area contributed by atoms with Crippen molar-refractivity contribution in [2.45, 2.75) is 27.2 Å². The number of nitrogens with zero attached hydrogens (tertiary/aromatic N) is 1. The molecular formula is C19H20N4O2S. The zero-order valence-electron chi connectivity index (χ0n) is 14.8. The van der Waals surface area contributed by atoms with Gasteiger partial charge in [0.1, 0.15) is 0 Å². The molecule has 0 bridgehead atoms. The average molecular weight is 368 g/mol. The van der Waals surface area contributed by atoms with Crippen molar-refractivity contribution in [1.82, 2.24) is 4.98 Å². The average Bonchev–Trinajstić information content (AvgIpc) is 3.00. The first-order chi connectivity index (χ1) is 12.5. The predicted molar refractivity (Wildman–Crippen MR) is 107 cm³/mol. The molecule has 0 aliphatic heterocycles. The number of aryl methyl sites for hydroxylation is 1. The zero-order chi connectivity index (χ0) is 18.7. The highest BCUT2D eigenvalue weighted by Crippen LogP contribution is 2.28. The van der Waals surface area contributed by atoms with Crippen molar-refractivity contribution in [2.24, 2.45) is 0 Å². The SMILES string of the molecule is CCC(=O)Nc1nc2cc(NC(=O)Nc3cccc(C)c3C)ccc2s1. The van der Waals surface area contributed by atoms with E-state index >= 15 is 0 Å². The summed E-state index contributed by atoms with van der Waals surface area (Å²) >= 11 is 1.40. The second kappa shape index (κ2) is 7.53. The van der Waals surface area contributed by atoms with Gasteiger partial charge in [-0.15, -0.1) is 0 Å². The van der Waals surface area contributed by atoms with Crippen LogP contribution >= 0.6 is 11.3 Å². The number of anilines is 3. The minimum atomic E-state index is -0.312. The number of fused-ring (bicyclic) bond motifs is 1. The lowest BCUT2D eigenvalue weighted by Crippen LogP contribution is -2.20. The Balaban J connectivity index is 1.73. The Labute approximate surface area is 155 Å². The Morgan fingerprint density at radius 3 is 2.65 bits per heavy atom. The topological polar surface area (TPSA) is 83.1 Å². The summed E-state index contributed by atoms with van der Waals surface area (Å²) in [6.45, 7) is 5.77. The van der Waals surface area contributed by atoms with E-state index in [1.165, 1.54) is 11.3 Å². The monoisotopic (exact) mass is 368 g/mol. The molecule has 0 aliphatic rings. The highest BCUT2D eigenvalue weighted by Gasteiger charge is 2.09. The molecule has 0 fully saturated rings. The van der Waals surface area contributed by atoms with Gasteiger partial charge >= 0.3 is 6.03 Å². The molecule has 0 radical (unpaired) electrons. The van der Waals surface area contributed by atoms with E-state index in [1.807, 2.05) is 44.2 Å². The summed E-state index contributed by atoms with van der Waals surface area (Å²) in [4.78, 5) is 28.2. The number of rotatable bonds is 4. The van der Waals surface area contributed by atoms with Crippen molar-refractivity contribution in [3.05, 3.63) is 47.5 Å². The summed E-state index contributed by atoms with van der Waals surface area (Å²) in [5.74, 6) is -0.0738. The fraction of sp³-hybridized carbons (Fsp3) is 0.211. The van der Waals surface area contributed by atoms with Gasteiger partial charge in [0.05, 0.1) is 10.2 Å². The van der Waals surface area contributed by atoms with Crippen LogP contribution < -0.4 is 16.0 Å². The van der Waals surface area contributed by atoms with Crippen LogP contribution in [0.5, 0.6) is 0 Å². The Hall–Kier alpha value is -2.93. The molecule has 3 N–H and O–H groups in total. The van der Waals surface area contributed by atoms with E-state index < -0.39 is 0 Å². The Kier molecular flexibility index (Phi) is 5.18. The van der Waals surface area contributed by atoms with Crippen molar-refractivity contribution in [3.8, 4) is 0 Å². The lowest BCUT2D eigenvalue weighted by atomic mass is 10.1. The fourth-order valence-corrected chi connectivity index (χ4v) is 3.30. The van der Waals surface area contributed by atoms with E-state index in [4.69, 9.17) is 0 Å². The van der Waals surface area contributed by atoms with E-state index in [9.17, 15) is 9.59 Å². The second-order valence-electron chi connectivity index (χ2n) is 5.93. The van der Waals surface area contributed by atoms with E-state index in [1.54, 1.807) is 13.0 Å². The summed E-state index contributed by atoms with van der Waals surface area (Å²) < 4.78 is 0.942. The molecule has 0 saturated heterocycles. The molecule has 26 heavy (non-hydrogen) atoms. The standard InChI is InChI=1S/C19H20N4O2S/c1-4-17(24)23-19-22-15-10-13(8-9-16(15)26-19)20-18(25)21-14-7-5-6-11(2)12(14)3/h5-10H,4H2,1-3H3,(H2,20,21,25)(H,22,23,24). The molecule has 3 amide bonds. The van der Waals surface area contributed by atoms with E-state index in [0.717, 1.165) is 27.0 Å². The number of hydrogen-bond acceptors (Lipinski definition) is 4. The summed E-state index contributed by atoms with van der Waals surface area (Å²) in [6.07, 6.45) is 0.404. The minimum Gasteiger partial charge on any atom is -0.308 e. The van der Waals surface area contributed by atoms with Crippen LogP contribution in [0.3, 0.4) is 0 Å². The highest BCUT2D eigenvalue weighted by atomic mass is 32.1. The third kappa shape index (κ3) is 4.00. The predicted octanol–water partition coefficient (Wildman–Crippen LogP) is 4.91. The maximum absolute atomic E-state index is 12.3. The van der Waals surface area contributed by atoms with Crippen LogP contribution in [0.4, 0.5) is 21.3 Å². The van der Waals surface area contributed by atoms with Crippen LogP contribution in [0, 0.1) is 13.8 Å². The molecule has 134 valence electrons. The van der Waals surface area contributed by atoms with Gasteiger partial charge in [0.25, 0.3) is 0 Å². The summed E-state index contributed by atoms with van der Waals surface area (Å²) in [5, 5.41) is 8.99. The molecule has 2 aromatic carbocycles. The molecule has 3 aromatic rings. The van der Waals surface area contributed by atoms with Crippen molar-refractivity contribution in [3.63, 3.8) is 0 Å². The van der Waals surface area contributed by atoms with Gasteiger partial charge < -0.3 is 16.0 Å². The number of carbonyl (C=O) groups is 2. The summed E-state index contributed by atoms with van der Waals surface area (Å²) in [7, 11) is 0. The van der Waals surface area contributed by atoms with Crippen LogP contribution in [0.25, 0.3) is 10.2 Å². The van der Waals surface area contributed by atoms with Gasteiger partial charge in [-0.2, -0.15) is 0 Å². The number of aromatic nitrogens is 1. The maximum atomic E-state index is 12.3.